The number of likely N-dealkylation sites (N-methyl/N-ethyl adjacent to an activating group) is 1. The first-order chi connectivity index (χ1) is 13.6. The molecule has 0 unspecified atom stereocenters. The van der Waals surface area contributed by atoms with E-state index in [1.807, 2.05) is 23.7 Å². The molecule has 8 heteroatoms. The van der Waals surface area contributed by atoms with Crippen molar-refractivity contribution in [1.82, 2.24) is 24.9 Å². The lowest BCUT2D eigenvalue weighted by atomic mass is 10.1. The summed E-state index contributed by atoms with van der Waals surface area (Å²) in [6, 6.07) is 3.86. The largest absolute Gasteiger partial charge is 0.354 e. The van der Waals surface area contributed by atoms with Gasteiger partial charge in [-0.15, -0.1) is 5.10 Å². The van der Waals surface area contributed by atoms with Crippen molar-refractivity contribution >= 4 is 17.4 Å². The van der Waals surface area contributed by atoms with Crippen LogP contribution in [0, 0.1) is 12.8 Å². The Morgan fingerprint density at radius 2 is 1.93 bits per heavy atom. The molecule has 28 heavy (non-hydrogen) atoms. The number of pyridine rings is 1. The summed E-state index contributed by atoms with van der Waals surface area (Å²) in [5, 5.41) is 11.2. The molecule has 1 N–H and O–H groups in total. The lowest BCUT2D eigenvalue weighted by Gasteiger charge is -2.33. The van der Waals surface area contributed by atoms with Crippen LogP contribution in [0.5, 0.6) is 0 Å². The third-order valence-electron chi connectivity index (χ3n) is 5.94. The zero-order chi connectivity index (χ0) is 19.5. The zero-order valence-corrected chi connectivity index (χ0v) is 16.8. The van der Waals surface area contributed by atoms with Crippen LogP contribution < -0.4 is 10.2 Å². The van der Waals surface area contributed by atoms with E-state index in [-0.39, 0.29) is 5.91 Å². The van der Waals surface area contributed by atoms with Gasteiger partial charge in [-0.2, -0.15) is 0 Å². The first-order valence-electron chi connectivity index (χ1n) is 10.2. The number of carbonyl (C=O) groups is 1. The van der Waals surface area contributed by atoms with Gasteiger partial charge < -0.3 is 15.1 Å². The van der Waals surface area contributed by atoms with E-state index < -0.39 is 0 Å². The fourth-order valence-corrected chi connectivity index (χ4v) is 4.05. The Balaban J connectivity index is 1.37. The summed E-state index contributed by atoms with van der Waals surface area (Å²) in [6.45, 7) is 6.79. The lowest BCUT2D eigenvalue weighted by molar-refractivity contribution is 0.102. The molecule has 0 aromatic carbocycles. The first-order valence-corrected chi connectivity index (χ1v) is 10.2. The average Bonchev–Trinajstić information content (AvgIpc) is 3.34. The van der Waals surface area contributed by atoms with Crippen LogP contribution in [0.4, 0.5) is 11.5 Å². The molecule has 1 amide bonds. The highest BCUT2D eigenvalue weighted by atomic mass is 16.2. The minimum absolute atomic E-state index is 0.232. The Labute approximate surface area is 165 Å². The molecule has 150 valence electrons. The van der Waals surface area contributed by atoms with E-state index in [0.717, 1.165) is 44.2 Å². The molecule has 0 spiro atoms. The molecule has 1 saturated carbocycles. The number of piperazine rings is 1. The highest BCUT2D eigenvalue weighted by Crippen LogP contribution is 2.26. The van der Waals surface area contributed by atoms with E-state index in [1.165, 1.54) is 25.7 Å². The number of carbonyl (C=O) groups excluding carboxylic acids is 1. The molecule has 1 aliphatic heterocycles. The molecule has 2 aromatic rings. The highest BCUT2D eigenvalue weighted by Gasteiger charge is 2.21. The average molecular weight is 384 g/mol. The number of nitrogens with zero attached hydrogens (tertiary/aromatic N) is 6. The molecule has 2 fully saturated rings. The Kier molecular flexibility index (Phi) is 5.57. The zero-order valence-electron chi connectivity index (χ0n) is 16.8. The van der Waals surface area contributed by atoms with Crippen molar-refractivity contribution in [2.24, 2.45) is 5.92 Å². The van der Waals surface area contributed by atoms with Gasteiger partial charge in [0.2, 0.25) is 0 Å². The van der Waals surface area contributed by atoms with Crippen LogP contribution in [-0.2, 0) is 6.54 Å². The van der Waals surface area contributed by atoms with Gasteiger partial charge in [-0.3, -0.25) is 4.79 Å². The number of rotatable bonds is 5. The number of hydrogen-bond donors (Lipinski definition) is 1. The van der Waals surface area contributed by atoms with Crippen LogP contribution in [-0.4, -0.2) is 64.0 Å². The van der Waals surface area contributed by atoms with E-state index in [4.69, 9.17) is 0 Å². The molecular weight excluding hydrogens is 354 g/mol. The predicted molar refractivity (Wildman–Crippen MR) is 109 cm³/mol. The molecule has 1 saturated heterocycles. The Bertz CT molecular complexity index is 802. The Morgan fingerprint density at radius 3 is 2.61 bits per heavy atom. The summed E-state index contributed by atoms with van der Waals surface area (Å²) in [5.41, 5.74) is 1.89. The molecule has 0 bridgehead atoms. The fourth-order valence-electron chi connectivity index (χ4n) is 4.05. The molecule has 8 nitrogen and oxygen atoms in total. The van der Waals surface area contributed by atoms with Gasteiger partial charge in [0.25, 0.3) is 5.91 Å². The Morgan fingerprint density at radius 1 is 1.18 bits per heavy atom. The predicted octanol–water partition coefficient (Wildman–Crippen LogP) is 2.18. The summed E-state index contributed by atoms with van der Waals surface area (Å²) in [6.07, 6.45) is 6.79. The van der Waals surface area contributed by atoms with Crippen LogP contribution >= 0.6 is 0 Å². The molecular formula is C20H29N7O. The number of anilines is 2. The molecule has 2 aliphatic rings. The second-order valence-corrected chi connectivity index (χ2v) is 8.01. The summed E-state index contributed by atoms with van der Waals surface area (Å²) in [5.74, 6) is 1.37. The monoisotopic (exact) mass is 383 g/mol. The van der Waals surface area contributed by atoms with Gasteiger partial charge in [-0.1, -0.05) is 18.1 Å². The maximum atomic E-state index is 12.6. The minimum Gasteiger partial charge on any atom is -0.354 e. The van der Waals surface area contributed by atoms with Crippen LogP contribution in [0.15, 0.2) is 18.3 Å². The van der Waals surface area contributed by atoms with Gasteiger partial charge in [-0.05, 0) is 44.9 Å². The molecule has 3 heterocycles. The summed E-state index contributed by atoms with van der Waals surface area (Å²) in [4.78, 5) is 21.7. The van der Waals surface area contributed by atoms with Gasteiger partial charge >= 0.3 is 0 Å². The second-order valence-electron chi connectivity index (χ2n) is 8.01. The minimum atomic E-state index is -0.232. The van der Waals surface area contributed by atoms with E-state index in [9.17, 15) is 4.79 Å². The van der Waals surface area contributed by atoms with Crippen LogP contribution in [0.3, 0.4) is 0 Å². The fraction of sp³-hybridized carbons (Fsp3) is 0.600. The third-order valence-corrected chi connectivity index (χ3v) is 5.94. The van der Waals surface area contributed by atoms with Gasteiger partial charge in [0.05, 0.1) is 17.6 Å². The molecule has 4 rings (SSSR count). The topological polar surface area (TPSA) is 79.2 Å². The van der Waals surface area contributed by atoms with Crippen LogP contribution in [0.1, 0.15) is 41.9 Å². The quantitative estimate of drug-likeness (QED) is 0.853. The number of aromatic nitrogens is 4. The van der Waals surface area contributed by atoms with Gasteiger partial charge in [0.15, 0.2) is 5.69 Å². The molecule has 0 atom stereocenters. The standard InChI is InChI=1S/C20H29N7O/c1-15-19(23-24-27(15)14-16-5-3-4-6-16)20(28)22-17-7-8-18(21-13-17)26-11-9-25(2)10-12-26/h7-8,13,16H,3-6,9-12,14H2,1-2H3,(H,22,28). The smallest absolute Gasteiger partial charge is 0.278 e. The van der Waals surface area contributed by atoms with Crippen molar-refractivity contribution in [3.63, 3.8) is 0 Å². The maximum Gasteiger partial charge on any atom is 0.278 e. The van der Waals surface area contributed by atoms with Crippen molar-refractivity contribution in [2.45, 2.75) is 39.2 Å². The lowest BCUT2D eigenvalue weighted by Crippen LogP contribution is -2.44. The van der Waals surface area contributed by atoms with Crippen molar-refractivity contribution in [3.05, 3.63) is 29.7 Å². The van der Waals surface area contributed by atoms with E-state index >= 15 is 0 Å². The SMILES string of the molecule is Cc1c(C(=O)Nc2ccc(N3CCN(C)CC3)nc2)nnn1CC1CCCC1. The van der Waals surface area contributed by atoms with Crippen molar-refractivity contribution in [2.75, 3.05) is 43.4 Å². The number of nitrogens with one attached hydrogen (secondary N) is 1. The molecule has 1 aliphatic carbocycles. The second kappa shape index (κ2) is 8.26. The number of amides is 1. The molecule has 2 aromatic heterocycles. The van der Waals surface area contributed by atoms with Crippen LogP contribution in [0.2, 0.25) is 0 Å². The first kappa shape index (κ1) is 18.9. The van der Waals surface area contributed by atoms with Crippen LogP contribution in [0.25, 0.3) is 0 Å². The van der Waals surface area contributed by atoms with Gasteiger partial charge in [0.1, 0.15) is 5.82 Å². The summed E-state index contributed by atoms with van der Waals surface area (Å²) >= 11 is 0. The number of hydrogen-bond acceptors (Lipinski definition) is 6. The summed E-state index contributed by atoms with van der Waals surface area (Å²) < 4.78 is 1.87. The van der Waals surface area contributed by atoms with Gasteiger partial charge in [-0.25, -0.2) is 9.67 Å². The van der Waals surface area contributed by atoms with Crippen molar-refractivity contribution < 1.29 is 4.79 Å². The van der Waals surface area contributed by atoms with Gasteiger partial charge in [0, 0.05) is 32.7 Å². The van der Waals surface area contributed by atoms with Crippen molar-refractivity contribution in [1.29, 1.82) is 0 Å². The Hall–Kier alpha value is -2.48. The van der Waals surface area contributed by atoms with Crippen molar-refractivity contribution in [3.8, 4) is 0 Å². The highest BCUT2D eigenvalue weighted by molar-refractivity contribution is 6.03. The van der Waals surface area contributed by atoms with E-state index in [2.05, 4.69) is 37.5 Å². The van der Waals surface area contributed by atoms with E-state index in [1.54, 1.807) is 6.20 Å². The maximum absolute atomic E-state index is 12.6. The van der Waals surface area contributed by atoms with E-state index in [0.29, 0.717) is 17.3 Å². The normalized spacial score (nSPS) is 18.6. The molecule has 0 radical (unpaired) electrons. The summed E-state index contributed by atoms with van der Waals surface area (Å²) in [7, 11) is 2.13. The third kappa shape index (κ3) is 4.16.